The number of halogens is 2. The highest BCUT2D eigenvalue weighted by Crippen LogP contribution is 2.40. The minimum atomic E-state index is 0.122. The number of hydrogen-bond acceptors (Lipinski definition) is 3. The van der Waals surface area contributed by atoms with Crippen molar-refractivity contribution in [2.45, 2.75) is 30.4 Å². The SMILES string of the molecule is CCC(N)C(SCc1ccccc1Cl)c1ccc(Cl)s1. The standard InChI is InChI=1S/C15H17Cl2NS2/c1-2-12(18)15(13-7-8-14(17)20-13)19-9-10-5-3-4-6-11(10)16/h3-8,12,15H,2,9,18H2,1H3. The molecule has 0 fully saturated rings. The molecule has 0 saturated heterocycles. The van der Waals surface area contributed by atoms with Crippen LogP contribution in [0.5, 0.6) is 0 Å². The van der Waals surface area contributed by atoms with E-state index in [1.807, 2.05) is 36.0 Å². The number of thiophene rings is 1. The maximum Gasteiger partial charge on any atom is 0.0931 e. The van der Waals surface area contributed by atoms with Crippen LogP contribution in [-0.2, 0) is 5.75 Å². The molecule has 0 amide bonds. The smallest absolute Gasteiger partial charge is 0.0931 e. The summed E-state index contributed by atoms with van der Waals surface area (Å²) in [6, 6.07) is 12.1. The molecule has 1 nitrogen and oxygen atoms in total. The fourth-order valence-electron chi connectivity index (χ4n) is 1.91. The summed E-state index contributed by atoms with van der Waals surface area (Å²) < 4.78 is 0.812. The van der Waals surface area contributed by atoms with Crippen molar-refractivity contribution >= 4 is 46.3 Å². The molecule has 0 radical (unpaired) electrons. The molecule has 20 heavy (non-hydrogen) atoms. The van der Waals surface area contributed by atoms with Gasteiger partial charge in [0.2, 0.25) is 0 Å². The second-order valence-electron chi connectivity index (χ2n) is 4.54. The van der Waals surface area contributed by atoms with Crippen LogP contribution in [0, 0.1) is 0 Å². The molecule has 108 valence electrons. The lowest BCUT2D eigenvalue weighted by Gasteiger charge is -2.21. The minimum absolute atomic E-state index is 0.122. The molecule has 2 unspecified atom stereocenters. The van der Waals surface area contributed by atoms with Gasteiger partial charge in [-0.2, -0.15) is 0 Å². The Morgan fingerprint density at radius 3 is 2.55 bits per heavy atom. The van der Waals surface area contributed by atoms with Crippen LogP contribution in [0.15, 0.2) is 36.4 Å². The van der Waals surface area contributed by atoms with E-state index in [0.29, 0.717) is 0 Å². The quantitative estimate of drug-likeness (QED) is 0.719. The fraction of sp³-hybridized carbons (Fsp3) is 0.333. The van der Waals surface area contributed by atoms with E-state index in [1.54, 1.807) is 11.3 Å². The molecule has 1 aromatic heterocycles. The Labute approximate surface area is 138 Å². The third kappa shape index (κ3) is 4.15. The van der Waals surface area contributed by atoms with E-state index < -0.39 is 0 Å². The minimum Gasteiger partial charge on any atom is -0.326 e. The highest BCUT2D eigenvalue weighted by atomic mass is 35.5. The van der Waals surface area contributed by atoms with Crippen molar-refractivity contribution in [3.63, 3.8) is 0 Å². The molecule has 2 aromatic rings. The van der Waals surface area contributed by atoms with Gasteiger partial charge < -0.3 is 5.73 Å². The zero-order chi connectivity index (χ0) is 14.5. The first-order valence-electron chi connectivity index (χ1n) is 6.47. The Bertz CT molecular complexity index is 556. The Kier molecular flexibility index (Phi) is 6.24. The molecule has 0 aliphatic rings. The molecule has 0 saturated carbocycles. The number of benzene rings is 1. The van der Waals surface area contributed by atoms with Crippen molar-refractivity contribution in [3.05, 3.63) is 56.2 Å². The van der Waals surface area contributed by atoms with Gasteiger partial charge in [0.1, 0.15) is 0 Å². The van der Waals surface area contributed by atoms with Gasteiger partial charge in [-0.3, -0.25) is 0 Å². The van der Waals surface area contributed by atoms with Crippen molar-refractivity contribution in [2.24, 2.45) is 5.73 Å². The van der Waals surface area contributed by atoms with Crippen molar-refractivity contribution in [2.75, 3.05) is 0 Å². The summed E-state index contributed by atoms with van der Waals surface area (Å²) in [5.74, 6) is 0.855. The Hall–Kier alpha value is -0.190. The molecule has 1 heterocycles. The van der Waals surface area contributed by atoms with Crippen LogP contribution >= 0.6 is 46.3 Å². The Morgan fingerprint density at radius 1 is 1.20 bits per heavy atom. The Morgan fingerprint density at radius 2 is 1.95 bits per heavy atom. The molecular weight excluding hydrogens is 329 g/mol. The van der Waals surface area contributed by atoms with E-state index in [1.165, 1.54) is 4.88 Å². The lowest BCUT2D eigenvalue weighted by molar-refractivity contribution is 0.640. The van der Waals surface area contributed by atoms with Gasteiger partial charge in [-0.15, -0.1) is 23.1 Å². The highest BCUT2D eigenvalue weighted by Gasteiger charge is 2.21. The maximum atomic E-state index is 6.27. The van der Waals surface area contributed by atoms with E-state index in [-0.39, 0.29) is 11.3 Å². The van der Waals surface area contributed by atoms with Gasteiger partial charge in [-0.05, 0) is 30.2 Å². The molecule has 0 spiro atoms. The van der Waals surface area contributed by atoms with Gasteiger partial charge in [-0.25, -0.2) is 0 Å². The van der Waals surface area contributed by atoms with E-state index in [9.17, 15) is 0 Å². The van der Waals surface area contributed by atoms with Crippen LogP contribution in [0.4, 0.5) is 0 Å². The first-order valence-corrected chi connectivity index (χ1v) is 9.09. The van der Waals surface area contributed by atoms with Crippen molar-refractivity contribution in [1.82, 2.24) is 0 Å². The van der Waals surface area contributed by atoms with Gasteiger partial charge in [0.05, 0.1) is 9.59 Å². The largest absolute Gasteiger partial charge is 0.326 e. The fourth-order valence-corrected chi connectivity index (χ4v) is 4.95. The summed E-state index contributed by atoms with van der Waals surface area (Å²) in [6.07, 6.45) is 0.940. The molecule has 0 aliphatic heterocycles. The number of hydrogen-bond donors (Lipinski definition) is 1. The van der Waals surface area contributed by atoms with Crippen LogP contribution in [0.25, 0.3) is 0 Å². The van der Waals surface area contributed by atoms with Crippen molar-refractivity contribution in [3.8, 4) is 0 Å². The molecule has 0 bridgehead atoms. The lowest BCUT2D eigenvalue weighted by Crippen LogP contribution is -2.25. The van der Waals surface area contributed by atoms with E-state index in [0.717, 1.165) is 27.1 Å². The lowest BCUT2D eigenvalue weighted by atomic mass is 10.1. The van der Waals surface area contributed by atoms with Gasteiger partial charge in [-0.1, -0.05) is 48.3 Å². The van der Waals surface area contributed by atoms with Crippen LogP contribution in [-0.4, -0.2) is 6.04 Å². The highest BCUT2D eigenvalue weighted by molar-refractivity contribution is 7.98. The average molecular weight is 346 g/mol. The first kappa shape index (κ1) is 16.2. The van der Waals surface area contributed by atoms with Crippen molar-refractivity contribution in [1.29, 1.82) is 0 Å². The second kappa shape index (κ2) is 7.71. The Balaban J connectivity index is 2.11. The van der Waals surface area contributed by atoms with E-state index >= 15 is 0 Å². The topological polar surface area (TPSA) is 26.0 Å². The zero-order valence-corrected chi connectivity index (χ0v) is 14.3. The van der Waals surface area contributed by atoms with Crippen LogP contribution in [0.3, 0.4) is 0 Å². The normalized spacial score (nSPS) is 14.2. The van der Waals surface area contributed by atoms with Gasteiger partial charge >= 0.3 is 0 Å². The molecule has 2 rings (SSSR count). The third-order valence-corrected chi connectivity index (χ3v) is 6.38. The van der Waals surface area contributed by atoms with Crippen LogP contribution in [0.1, 0.15) is 29.0 Å². The predicted octanol–water partition coefficient (Wildman–Crippen LogP) is 5.77. The van der Waals surface area contributed by atoms with E-state index in [4.69, 9.17) is 28.9 Å². The molecule has 0 aliphatic carbocycles. The van der Waals surface area contributed by atoms with Gasteiger partial charge in [0.25, 0.3) is 0 Å². The molecule has 2 N–H and O–H groups in total. The number of rotatable bonds is 6. The molecule has 5 heteroatoms. The summed E-state index contributed by atoms with van der Waals surface area (Å²) in [7, 11) is 0. The summed E-state index contributed by atoms with van der Waals surface area (Å²) in [6.45, 7) is 2.11. The molecule has 1 aromatic carbocycles. The average Bonchev–Trinajstić information content (AvgIpc) is 2.87. The predicted molar refractivity (Wildman–Crippen MR) is 93.1 cm³/mol. The summed E-state index contributed by atoms with van der Waals surface area (Å²) in [5, 5.41) is 1.07. The van der Waals surface area contributed by atoms with E-state index in [2.05, 4.69) is 19.1 Å². The van der Waals surface area contributed by atoms with Gasteiger partial charge in [0.15, 0.2) is 0 Å². The number of nitrogens with two attached hydrogens (primary N) is 1. The monoisotopic (exact) mass is 345 g/mol. The van der Waals surface area contributed by atoms with Gasteiger partial charge in [0, 0.05) is 21.7 Å². The summed E-state index contributed by atoms with van der Waals surface area (Å²) >= 11 is 15.7. The third-order valence-electron chi connectivity index (χ3n) is 3.11. The molecular formula is C15H17Cl2NS2. The summed E-state index contributed by atoms with van der Waals surface area (Å²) in [4.78, 5) is 1.24. The second-order valence-corrected chi connectivity index (χ2v) is 7.82. The maximum absolute atomic E-state index is 6.27. The summed E-state index contributed by atoms with van der Waals surface area (Å²) in [5.41, 5.74) is 7.42. The zero-order valence-electron chi connectivity index (χ0n) is 11.2. The van der Waals surface area contributed by atoms with Crippen LogP contribution < -0.4 is 5.73 Å². The first-order chi connectivity index (χ1) is 9.61. The van der Waals surface area contributed by atoms with Crippen LogP contribution in [0.2, 0.25) is 9.36 Å². The van der Waals surface area contributed by atoms with Crippen molar-refractivity contribution < 1.29 is 0 Å². The molecule has 2 atom stereocenters. The number of thioether (sulfide) groups is 1.